The van der Waals surface area contributed by atoms with E-state index in [9.17, 15) is 0 Å². The third-order valence-electron chi connectivity index (χ3n) is 2.74. The van der Waals surface area contributed by atoms with Gasteiger partial charge in [-0.05, 0) is 18.4 Å². The smallest absolute Gasteiger partial charge is 0.218 e. The molecule has 4 heteroatoms. The molecule has 0 N–H and O–H groups in total. The fourth-order valence-electron chi connectivity index (χ4n) is 1.77. The van der Waals surface area contributed by atoms with Crippen LogP contribution in [-0.2, 0) is 12.8 Å². The summed E-state index contributed by atoms with van der Waals surface area (Å²) in [6.07, 6.45) is 2.70. The van der Waals surface area contributed by atoms with Gasteiger partial charge in [-0.25, -0.2) is 4.98 Å². The van der Waals surface area contributed by atoms with Crippen LogP contribution >= 0.6 is 11.6 Å². The molecule has 0 aliphatic carbocycles. The maximum atomic E-state index is 5.91. The van der Waals surface area contributed by atoms with Crippen LogP contribution in [0.1, 0.15) is 24.7 Å². The summed E-state index contributed by atoms with van der Waals surface area (Å²) in [6, 6.07) is 12.0. The van der Waals surface area contributed by atoms with Crippen LogP contribution in [0.5, 0.6) is 5.88 Å². The minimum Gasteiger partial charge on any atom is -0.478 e. The molecule has 0 atom stereocenters. The first-order chi connectivity index (χ1) is 9.28. The molecule has 0 amide bonds. The Morgan fingerprint density at radius 2 is 1.95 bits per heavy atom. The normalized spacial score (nSPS) is 10.4. The van der Waals surface area contributed by atoms with Crippen molar-refractivity contribution in [3.63, 3.8) is 0 Å². The fourth-order valence-corrected chi connectivity index (χ4v) is 1.96. The number of hydrogen-bond donors (Lipinski definition) is 0. The van der Waals surface area contributed by atoms with Crippen molar-refractivity contribution in [2.45, 2.75) is 26.2 Å². The highest BCUT2D eigenvalue weighted by molar-refractivity contribution is 6.29. The van der Waals surface area contributed by atoms with Gasteiger partial charge < -0.3 is 4.74 Å². The first kappa shape index (κ1) is 13.8. The molecule has 19 heavy (non-hydrogen) atoms. The molecule has 0 saturated heterocycles. The van der Waals surface area contributed by atoms with Gasteiger partial charge in [-0.3, -0.25) is 0 Å². The van der Waals surface area contributed by atoms with E-state index >= 15 is 0 Å². The van der Waals surface area contributed by atoms with Gasteiger partial charge in [0.1, 0.15) is 11.0 Å². The summed E-state index contributed by atoms with van der Waals surface area (Å²) in [4.78, 5) is 8.38. The van der Waals surface area contributed by atoms with Crippen molar-refractivity contribution in [1.29, 1.82) is 0 Å². The van der Waals surface area contributed by atoms with E-state index in [2.05, 4.69) is 22.1 Å². The van der Waals surface area contributed by atoms with E-state index in [1.54, 1.807) is 6.07 Å². The van der Waals surface area contributed by atoms with Crippen LogP contribution in [0.2, 0.25) is 5.15 Å². The first-order valence-electron chi connectivity index (χ1n) is 6.48. The van der Waals surface area contributed by atoms with Crippen molar-refractivity contribution < 1.29 is 4.74 Å². The lowest BCUT2D eigenvalue weighted by Crippen LogP contribution is -2.03. The summed E-state index contributed by atoms with van der Waals surface area (Å²) in [6.45, 7) is 2.62. The van der Waals surface area contributed by atoms with Crippen molar-refractivity contribution in [2.75, 3.05) is 6.61 Å². The van der Waals surface area contributed by atoms with Gasteiger partial charge in [-0.2, -0.15) is 4.98 Å². The molecule has 3 nitrogen and oxygen atoms in total. The molecule has 2 rings (SSSR count). The fraction of sp³-hybridized carbons (Fsp3) is 0.333. The van der Waals surface area contributed by atoms with Crippen LogP contribution in [-0.4, -0.2) is 16.6 Å². The summed E-state index contributed by atoms with van der Waals surface area (Å²) in [5, 5.41) is 0.435. The van der Waals surface area contributed by atoms with E-state index < -0.39 is 0 Å². The van der Waals surface area contributed by atoms with E-state index in [1.165, 1.54) is 5.56 Å². The molecule has 0 fully saturated rings. The minimum absolute atomic E-state index is 0.435. The van der Waals surface area contributed by atoms with Gasteiger partial charge >= 0.3 is 0 Å². The predicted octanol–water partition coefficient (Wildman–Crippen LogP) is 3.70. The summed E-state index contributed by atoms with van der Waals surface area (Å²) >= 11 is 5.91. The number of nitrogens with zero attached hydrogens (tertiary/aromatic N) is 2. The average molecular weight is 277 g/mol. The Bertz CT molecular complexity index is 517. The number of rotatable bonds is 6. The first-order valence-corrected chi connectivity index (χ1v) is 6.86. The third kappa shape index (κ3) is 4.52. The number of aryl methyl sites for hydroxylation is 2. The molecule has 1 aromatic heterocycles. The molecule has 0 radical (unpaired) electrons. The minimum atomic E-state index is 0.435. The summed E-state index contributed by atoms with van der Waals surface area (Å²) in [5.41, 5.74) is 1.32. The summed E-state index contributed by atoms with van der Waals surface area (Å²) < 4.78 is 5.62. The Morgan fingerprint density at radius 3 is 2.68 bits per heavy atom. The zero-order chi connectivity index (χ0) is 13.5. The largest absolute Gasteiger partial charge is 0.478 e. The third-order valence-corrected chi connectivity index (χ3v) is 2.93. The Morgan fingerprint density at radius 1 is 1.16 bits per heavy atom. The molecule has 0 aliphatic rings. The van der Waals surface area contributed by atoms with Gasteiger partial charge in [0.25, 0.3) is 0 Å². The molecule has 0 saturated carbocycles. The molecule has 0 aliphatic heterocycles. The maximum absolute atomic E-state index is 5.91. The number of benzene rings is 1. The Labute approximate surface area is 118 Å². The zero-order valence-electron chi connectivity index (χ0n) is 11.0. The van der Waals surface area contributed by atoms with Gasteiger partial charge in [0, 0.05) is 12.5 Å². The van der Waals surface area contributed by atoms with Crippen molar-refractivity contribution in [1.82, 2.24) is 9.97 Å². The Kier molecular flexibility index (Phi) is 5.16. The molecular weight excluding hydrogens is 260 g/mol. The van der Waals surface area contributed by atoms with Crippen LogP contribution in [0.15, 0.2) is 36.4 Å². The highest BCUT2D eigenvalue weighted by Gasteiger charge is 2.02. The van der Waals surface area contributed by atoms with Gasteiger partial charge in [-0.1, -0.05) is 48.9 Å². The summed E-state index contributed by atoms with van der Waals surface area (Å²) in [5.74, 6) is 1.27. The van der Waals surface area contributed by atoms with Crippen LogP contribution in [0, 0.1) is 0 Å². The molecule has 0 bridgehead atoms. The lowest BCUT2D eigenvalue weighted by atomic mass is 10.1. The van der Waals surface area contributed by atoms with Crippen LogP contribution in [0.4, 0.5) is 0 Å². The molecule has 100 valence electrons. The van der Waals surface area contributed by atoms with E-state index in [1.807, 2.05) is 25.1 Å². The lowest BCUT2D eigenvalue weighted by Gasteiger charge is -2.06. The molecular formula is C15H17ClN2O. The SMILES string of the molecule is CCc1nc(Cl)cc(OCCCc2ccccc2)n1. The second kappa shape index (κ2) is 7.10. The van der Waals surface area contributed by atoms with Crippen LogP contribution < -0.4 is 4.74 Å². The Balaban J connectivity index is 1.81. The van der Waals surface area contributed by atoms with Crippen molar-refractivity contribution in [2.24, 2.45) is 0 Å². The van der Waals surface area contributed by atoms with E-state index in [0.717, 1.165) is 19.3 Å². The van der Waals surface area contributed by atoms with Gasteiger partial charge in [-0.15, -0.1) is 0 Å². The van der Waals surface area contributed by atoms with Crippen LogP contribution in [0.3, 0.4) is 0 Å². The maximum Gasteiger partial charge on any atom is 0.218 e. The topological polar surface area (TPSA) is 35.0 Å². The van der Waals surface area contributed by atoms with Gasteiger partial charge in [0.2, 0.25) is 5.88 Å². The van der Waals surface area contributed by atoms with Gasteiger partial charge in [0.15, 0.2) is 0 Å². The van der Waals surface area contributed by atoms with Crippen molar-refractivity contribution in [3.8, 4) is 5.88 Å². The van der Waals surface area contributed by atoms with E-state index in [0.29, 0.717) is 23.5 Å². The molecule has 0 spiro atoms. The number of hydrogen-bond acceptors (Lipinski definition) is 3. The quantitative estimate of drug-likeness (QED) is 0.596. The average Bonchev–Trinajstić information content (AvgIpc) is 2.44. The van der Waals surface area contributed by atoms with Crippen molar-refractivity contribution in [3.05, 3.63) is 52.9 Å². The standard InChI is InChI=1S/C15H17ClN2O/c1-2-14-17-13(16)11-15(18-14)19-10-6-9-12-7-4-3-5-8-12/h3-5,7-8,11H,2,6,9-10H2,1H3. The van der Waals surface area contributed by atoms with Crippen LogP contribution in [0.25, 0.3) is 0 Å². The predicted molar refractivity (Wildman–Crippen MR) is 76.7 cm³/mol. The highest BCUT2D eigenvalue weighted by atomic mass is 35.5. The zero-order valence-corrected chi connectivity index (χ0v) is 11.7. The monoisotopic (exact) mass is 276 g/mol. The van der Waals surface area contributed by atoms with Crippen molar-refractivity contribution >= 4 is 11.6 Å². The van der Waals surface area contributed by atoms with E-state index in [-0.39, 0.29) is 0 Å². The van der Waals surface area contributed by atoms with E-state index in [4.69, 9.17) is 16.3 Å². The molecule has 0 unspecified atom stereocenters. The van der Waals surface area contributed by atoms with Gasteiger partial charge in [0.05, 0.1) is 6.61 Å². The molecule has 1 aromatic carbocycles. The number of aromatic nitrogens is 2. The highest BCUT2D eigenvalue weighted by Crippen LogP contribution is 2.14. The summed E-state index contributed by atoms with van der Waals surface area (Å²) in [7, 11) is 0. The number of halogens is 1. The Hall–Kier alpha value is -1.61. The molecule has 1 heterocycles. The number of ether oxygens (including phenoxy) is 1. The lowest BCUT2D eigenvalue weighted by molar-refractivity contribution is 0.297. The second-order valence-electron chi connectivity index (χ2n) is 4.24. The molecule has 2 aromatic rings. The second-order valence-corrected chi connectivity index (χ2v) is 4.62.